The van der Waals surface area contributed by atoms with Crippen LogP contribution in [-0.2, 0) is 10.0 Å². The number of hydrogen-bond acceptors (Lipinski definition) is 4. The number of piperidine rings is 1. The van der Waals surface area contributed by atoms with Gasteiger partial charge in [-0.15, -0.1) is 0 Å². The SMILES string of the molecule is O=C(Oc1ccc2cc(Br)ccc2c1)c1ccc(S(=O)(=O)N2CCCCC2)cc1. The molecule has 4 rings (SSSR count). The van der Waals surface area contributed by atoms with Gasteiger partial charge in [-0.05, 0) is 72.1 Å². The number of nitrogens with zero attached hydrogens (tertiary/aromatic N) is 1. The summed E-state index contributed by atoms with van der Waals surface area (Å²) in [6.07, 6.45) is 2.82. The smallest absolute Gasteiger partial charge is 0.343 e. The fourth-order valence-corrected chi connectivity index (χ4v) is 5.34. The average molecular weight is 474 g/mol. The van der Waals surface area contributed by atoms with E-state index in [4.69, 9.17) is 4.74 Å². The molecule has 0 aliphatic carbocycles. The topological polar surface area (TPSA) is 63.7 Å². The zero-order chi connectivity index (χ0) is 20.4. The van der Waals surface area contributed by atoms with Crippen LogP contribution in [-0.4, -0.2) is 31.8 Å². The molecule has 0 N–H and O–H groups in total. The van der Waals surface area contributed by atoms with Gasteiger partial charge in [-0.25, -0.2) is 13.2 Å². The molecule has 0 atom stereocenters. The fourth-order valence-electron chi connectivity index (χ4n) is 3.44. The number of esters is 1. The molecular weight excluding hydrogens is 454 g/mol. The van der Waals surface area contributed by atoms with Crippen molar-refractivity contribution in [3.63, 3.8) is 0 Å². The van der Waals surface area contributed by atoms with Crippen molar-refractivity contribution in [1.29, 1.82) is 0 Å². The van der Waals surface area contributed by atoms with Gasteiger partial charge in [-0.1, -0.05) is 34.5 Å². The van der Waals surface area contributed by atoms with E-state index in [1.165, 1.54) is 28.6 Å². The van der Waals surface area contributed by atoms with Crippen LogP contribution in [0.4, 0.5) is 0 Å². The van der Waals surface area contributed by atoms with E-state index in [0.717, 1.165) is 34.5 Å². The van der Waals surface area contributed by atoms with Gasteiger partial charge in [0.05, 0.1) is 10.5 Å². The highest BCUT2D eigenvalue weighted by molar-refractivity contribution is 9.10. The lowest BCUT2D eigenvalue weighted by Gasteiger charge is -2.25. The van der Waals surface area contributed by atoms with Gasteiger partial charge in [0.2, 0.25) is 10.0 Å². The van der Waals surface area contributed by atoms with Gasteiger partial charge in [-0.3, -0.25) is 0 Å². The lowest BCUT2D eigenvalue weighted by atomic mass is 10.1. The third kappa shape index (κ3) is 4.37. The van der Waals surface area contributed by atoms with E-state index in [9.17, 15) is 13.2 Å². The van der Waals surface area contributed by atoms with Crippen molar-refractivity contribution in [2.24, 2.45) is 0 Å². The molecule has 0 radical (unpaired) electrons. The first-order chi connectivity index (χ1) is 13.9. The summed E-state index contributed by atoms with van der Waals surface area (Å²) >= 11 is 3.44. The zero-order valence-corrected chi connectivity index (χ0v) is 18.1. The van der Waals surface area contributed by atoms with Crippen molar-refractivity contribution in [2.75, 3.05) is 13.1 Å². The zero-order valence-electron chi connectivity index (χ0n) is 15.7. The molecule has 29 heavy (non-hydrogen) atoms. The Hall–Kier alpha value is -2.22. The minimum absolute atomic E-state index is 0.201. The van der Waals surface area contributed by atoms with Gasteiger partial charge in [0, 0.05) is 17.6 Å². The number of rotatable bonds is 4. The Bertz CT molecular complexity index is 1150. The minimum Gasteiger partial charge on any atom is -0.423 e. The van der Waals surface area contributed by atoms with Gasteiger partial charge < -0.3 is 4.74 Å². The predicted octanol–water partition coefficient (Wildman–Crippen LogP) is 5.00. The van der Waals surface area contributed by atoms with E-state index in [-0.39, 0.29) is 4.90 Å². The van der Waals surface area contributed by atoms with Crippen molar-refractivity contribution in [1.82, 2.24) is 4.31 Å². The number of benzene rings is 3. The van der Waals surface area contributed by atoms with E-state index in [2.05, 4.69) is 15.9 Å². The van der Waals surface area contributed by atoms with E-state index >= 15 is 0 Å². The third-order valence-electron chi connectivity index (χ3n) is 5.03. The van der Waals surface area contributed by atoms with Gasteiger partial charge in [0.15, 0.2) is 0 Å². The van der Waals surface area contributed by atoms with Crippen LogP contribution in [0.1, 0.15) is 29.6 Å². The number of ether oxygens (including phenoxy) is 1. The molecule has 1 saturated heterocycles. The molecule has 0 aromatic heterocycles. The molecular formula is C22H20BrNO4S. The molecule has 1 fully saturated rings. The summed E-state index contributed by atoms with van der Waals surface area (Å²) in [5, 5.41) is 1.99. The van der Waals surface area contributed by atoms with Gasteiger partial charge in [0.25, 0.3) is 0 Å². The Labute approximate surface area is 178 Å². The summed E-state index contributed by atoms with van der Waals surface area (Å²) in [7, 11) is -3.51. The molecule has 3 aromatic carbocycles. The molecule has 0 saturated carbocycles. The number of halogens is 1. The number of hydrogen-bond donors (Lipinski definition) is 0. The van der Waals surface area contributed by atoms with E-state index < -0.39 is 16.0 Å². The Morgan fingerprint density at radius 3 is 2.24 bits per heavy atom. The summed E-state index contributed by atoms with van der Waals surface area (Å²) in [5.74, 6) is -0.0850. The monoisotopic (exact) mass is 473 g/mol. The van der Waals surface area contributed by atoms with Gasteiger partial charge >= 0.3 is 5.97 Å². The van der Waals surface area contributed by atoms with Crippen molar-refractivity contribution in [2.45, 2.75) is 24.2 Å². The molecule has 0 unspecified atom stereocenters. The second-order valence-corrected chi connectivity index (χ2v) is 9.89. The molecule has 150 valence electrons. The maximum Gasteiger partial charge on any atom is 0.343 e. The van der Waals surface area contributed by atoms with E-state index in [1.807, 2.05) is 24.3 Å². The Morgan fingerprint density at radius 2 is 1.52 bits per heavy atom. The summed E-state index contributed by atoms with van der Waals surface area (Å²) in [6.45, 7) is 1.09. The summed E-state index contributed by atoms with van der Waals surface area (Å²) in [4.78, 5) is 12.7. The maximum absolute atomic E-state index is 12.7. The van der Waals surface area contributed by atoms with Crippen LogP contribution in [0.15, 0.2) is 70.0 Å². The van der Waals surface area contributed by atoms with Crippen LogP contribution in [0, 0.1) is 0 Å². The van der Waals surface area contributed by atoms with Crippen LogP contribution in [0.2, 0.25) is 0 Å². The molecule has 0 amide bonds. The Balaban J connectivity index is 1.50. The van der Waals surface area contributed by atoms with Gasteiger partial charge in [0.1, 0.15) is 5.75 Å². The normalized spacial score (nSPS) is 15.3. The maximum atomic E-state index is 12.7. The molecule has 7 heteroatoms. The van der Waals surface area contributed by atoms with Crippen molar-refractivity contribution in [3.05, 3.63) is 70.7 Å². The highest BCUT2D eigenvalue weighted by Gasteiger charge is 2.26. The molecule has 3 aromatic rings. The lowest BCUT2D eigenvalue weighted by Crippen LogP contribution is -2.35. The molecule has 1 aliphatic rings. The number of fused-ring (bicyclic) bond motifs is 1. The van der Waals surface area contributed by atoms with Crippen LogP contribution in [0.25, 0.3) is 10.8 Å². The first-order valence-corrected chi connectivity index (χ1v) is 11.7. The first kappa shape index (κ1) is 20.1. The fraction of sp³-hybridized carbons (Fsp3) is 0.227. The van der Waals surface area contributed by atoms with Crippen LogP contribution in [0.5, 0.6) is 5.75 Å². The molecule has 0 spiro atoms. The molecule has 5 nitrogen and oxygen atoms in total. The quantitative estimate of drug-likeness (QED) is 0.395. The Morgan fingerprint density at radius 1 is 0.862 bits per heavy atom. The third-order valence-corrected chi connectivity index (χ3v) is 7.43. The Kier molecular flexibility index (Phi) is 5.72. The van der Waals surface area contributed by atoms with E-state index in [0.29, 0.717) is 24.4 Å². The van der Waals surface area contributed by atoms with Crippen LogP contribution < -0.4 is 4.74 Å². The van der Waals surface area contributed by atoms with Crippen LogP contribution >= 0.6 is 15.9 Å². The lowest BCUT2D eigenvalue weighted by molar-refractivity contribution is 0.0735. The second kappa shape index (κ2) is 8.26. The van der Waals surface area contributed by atoms with Gasteiger partial charge in [-0.2, -0.15) is 4.31 Å². The largest absolute Gasteiger partial charge is 0.423 e. The van der Waals surface area contributed by atoms with Crippen molar-refractivity contribution in [3.8, 4) is 5.75 Å². The van der Waals surface area contributed by atoms with Crippen LogP contribution in [0.3, 0.4) is 0 Å². The highest BCUT2D eigenvalue weighted by Crippen LogP contribution is 2.25. The number of carbonyl (C=O) groups is 1. The summed E-state index contributed by atoms with van der Waals surface area (Å²) in [6, 6.07) is 17.2. The number of sulfonamides is 1. The average Bonchev–Trinajstić information content (AvgIpc) is 2.74. The summed E-state index contributed by atoms with van der Waals surface area (Å²) < 4.78 is 33.4. The van der Waals surface area contributed by atoms with Crippen molar-refractivity contribution < 1.29 is 17.9 Å². The summed E-state index contributed by atoms with van der Waals surface area (Å²) in [5.41, 5.74) is 0.304. The highest BCUT2D eigenvalue weighted by atomic mass is 79.9. The standard InChI is InChI=1S/C22H20BrNO4S/c23-19-8-4-18-15-20(9-5-17(18)14-19)28-22(25)16-6-10-21(11-7-16)29(26,27)24-12-2-1-3-13-24/h4-11,14-15H,1-3,12-13H2. The molecule has 1 heterocycles. The molecule has 0 bridgehead atoms. The number of carbonyl (C=O) groups excluding carboxylic acids is 1. The van der Waals surface area contributed by atoms with Crippen molar-refractivity contribution >= 4 is 42.7 Å². The first-order valence-electron chi connectivity index (χ1n) is 9.45. The minimum atomic E-state index is -3.51. The van der Waals surface area contributed by atoms with E-state index in [1.54, 1.807) is 12.1 Å². The second-order valence-electron chi connectivity index (χ2n) is 7.03. The predicted molar refractivity (Wildman–Crippen MR) is 116 cm³/mol. The molecule has 1 aliphatic heterocycles.